The molecule has 13 heavy (non-hydrogen) atoms. The molecule has 0 aromatic heterocycles. The lowest BCUT2D eigenvalue weighted by molar-refractivity contribution is -0.189. The molecular formula is C9H18O2S2. The predicted octanol–water partition coefficient (Wildman–Crippen LogP) is 3.98. The van der Waals surface area contributed by atoms with E-state index in [-0.39, 0.29) is 0 Å². The highest BCUT2D eigenvalue weighted by atomic mass is 33.1. The number of hydrogen-bond donors (Lipinski definition) is 0. The minimum atomic E-state index is 0.744. The molecule has 1 heterocycles. The van der Waals surface area contributed by atoms with Crippen LogP contribution >= 0.6 is 21.9 Å². The van der Waals surface area contributed by atoms with Crippen molar-refractivity contribution in [3.63, 3.8) is 0 Å². The van der Waals surface area contributed by atoms with Crippen molar-refractivity contribution in [2.24, 2.45) is 0 Å². The van der Waals surface area contributed by atoms with Crippen molar-refractivity contribution in [2.75, 3.05) is 12.4 Å². The van der Waals surface area contributed by atoms with Crippen LogP contribution in [-0.4, -0.2) is 12.4 Å². The zero-order valence-corrected chi connectivity index (χ0v) is 9.63. The van der Waals surface area contributed by atoms with Crippen LogP contribution in [0.5, 0.6) is 0 Å². The van der Waals surface area contributed by atoms with Crippen LogP contribution in [0.3, 0.4) is 0 Å². The van der Waals surface area contributed by atoms with E-state index in [1.54, 1.807) is 10.8 Å². The maximum atomic E-state index is 4.99. The number of hydrogen-bond acceptors (Lipinski definition) is 4. The lowest BCUT2D eigenvalue weighted by atomic mass is 10.1. The Bertz CT molecular complexity index is 63.7. The largest absolute Gasteiger partial charge is 0.224 e. The summed E-state index contributed by atoms with van der Waals surface area (Å²) in [6.07, 6.45) is 9.22. The summed E-state index contributed by atoms with van der Waals surface area (Å²) < 4.78 is 4.93. The smallest absolute Gasteiger partial charge is 0.102 e. The summed E-state index contributed by atoms with van der Waals surface area (Å²) >= 11 is 1.37. The van der Waals surface area contributed by atoms with Gasteiger partial charge in [0.05, 0.1) is 6.61 Å². The molecular weight excluding hydrogens is 204 g/mol. The standard InChI is InChI=1S/C9H18O2S2/c1-2-4-6-8-10-11-13-12-9-7-5-3-1/h1-9H2. The molecule has 0 unspecified atom stereocenters. The van der Waals surface area contributed by atoms with Gasteiger partial charge < -0.3 is 0 Å². The normalized spacial score (nSPS) is 24.0. The molecule has 2 nitrogen and oxygen atoms in total. The Hall–Kier alpha value is 0.620. The summed E-state index contributed by atoms with van der Waals surface area (Å²) in [6, 6.07) is 0. The van der Waals surface area contributed by atoms with Gasteiger partial charge in [0.2, 0.25) is 0 Å². The predicted molar refractivity (Wildman–Crippen MR) is 59.4 cm³/mol. The van der Waals surface area contributed by atoms with Gasteiger partial charge in [-0.3, -0.25) is 0 Å². The van der Waals surface area contributed by atoms with Crippen LogP contribution in [0.1, 0.15) is 44.9 Å². The SMILES string of the molecule is C1CCCCOOSSCCCC1. The van der Waals surface area contributed by atoms with Crippen LogP contribution in [0.4, 0.5) is 0 Å². The van der Waals surface area contributed by atoms with Crippen molar-refractivity contribution >= 4 is 21.9 Å². The minimum absolute atomic E-state index is 0.744. The molecule has 1 aliphatic rings. The average molecular weight is 222 g/mol. The van der Waals surface area contributed by atoms with Gasteiger partial charge in [-0.2, -0.15) is 4.33 Å². The molecule has 1 fully saturated rings. The van der Waals surface area contributed by atoms with Crippen molar-refractivity contribution in [3.8, 4) is 0 Å². The molecule has 4 heteroatoms. The van der Waals surface area contributed by atoms with E-state index >= 15 is 0 Å². The summed E-state index contributed by atoms with van der Waals surface area (Å²) in [6.45, 7) is 0.744. The van der Waals surface area contributed by atoms with Crippen molar-refractivity contribution < 1.29 is 9.22 Å². The van der Waals surface area contributed by atoms with Gasteiger partial charge in [0.25, 0.3) is 0 Å². The van der Waals surface area contributed by atoms with Gasteiger partial charge in [-0.25, -0.2) is 4.89 Å². The fourth-order valence-electron chi connectivity index (χ4n) is 1.31. The molecule has 0 aliphatic carbocycles. The Labute approximate surface area is 88.7 Å². The summed E-state index contributed by atoms with van der Waals surface area (Å²) in [5, 5.41) is 0. The van der Waals surface area contributed by atoms with Gasteiger partial charge in [-0.1, -0.05) is 42.9 Å². The summed E-state index contributed by atoms with van der Waals surface area (Å²) in [5.41, 5.74) is 0. The first-order valence-corrected chi connectivity index (χ1v) is 7.32. The summed E-state index contributed by atoms with van der Waals surface area (Å²) in [4.78, 5) is 4.99. The van der Waals surface area contributed by atoms with Crippen molar-refractivity contribution in [2.45, 2.75) is 44.9 Å². The molecule has 0 radical (unpaired) electrons. The molecule has 0 saturated carbocycles. The Kier molecular flexibility index (Phi) is 8.26. The molecule has 0 spiro atoms. The third kappa shape index (κ3) is 7.67. The third-order valence-electron chi connectivity index (χ3n) is 2.08. The second-order valence-corrected chi connectivity index (χ2v) is 5.29. The molecule has 1 saturated heterocycles. The molecule has 0 aromatic rings. The van der Waals surface area contributed by atoms with E-state index in [1.807, 2.05) is 0 Å². The first kappa shape index (κ1) is 11.7. The Balaban J connectivity index is 2.01. The van der Waals surface area contributed by atoms with Gasteiger partial charge in [0.15, 0.2) is 0 Å². The second-order valence-electron chi connectivity index (χ2n) is 3.25. The van der Waals surface area contributed by atoms with Crippen LogP contribution in [0.2, 0.25) is 0 Å². The molecule has 78 valence electrons. The lowest BCUT2D eigenvalue weighted by Crippen LogP contribution is -1.90. The zero-order valence-electron chi connectivity index (χ0n) is 8.00. The fraction of sp³-hybridized carbons (Fsp3) is 1.00. The lowest BCUT2D eigenvalue weighted by Gasteiger charge is -2.00. The van der Waals surface area contributed by atoms with Crippen molar-refractivity contribution in [3.05, 3.63) is 0 Å². The van der Waals surface area contributed by atoms with Crippen LogP contribution in [0, 0.1) is 0 Å². The fourth-order valence-corrected chi connectivity index (χ4v) is 2.64. The van der Waals surface area contributed by atoms with Crippen LogP contribution in [0.25, 0.3) is 0 Å². The van der Waals surface area contributed by atoms with E-state index in [9.17, 15) is 0 Å². The van der Waals surface area contributed by atoms with E-state index in [4.69, 9.17) is 9.22 Å². The van der Waals surface area contributed by atoms with E-state index in [0.29, 0.717) is 0 Å². The van der Waals surface area contributed by atoms with E-state index < -0.39 is 0 Å². The van der Waals surface area contributed by atoms with Gasteiger partial charge in [0, 0.05) is 5.75 Å². The molecule has 1 aliphatic heterocycles. The Morgan fingerprint density at radius 1 is 0.769 bits per heavy atom. The van der Waals surface area contributed by atoms with Gasteiger partial charge in [-0.05, 0) is 12.8 Å². The highest BCUT2D eigenvalue weighted by molar-refractivity contribution is 8.74. The van der Waals surface area contributed by atoms with Crippen molar-refractivity contribution in [1.29, 1.82) is 0 Å². The summed E-state index contributed by atoms with van der Waals surface area (Å²) in [5.74, 6) is 1.17. The molecule has 0 atom stereocenters. The van der Waals surface area contributed by atoms with Crippen LogP contribution < -0.4 is 0 Å². The van der Waals surface area contributed by atoms with Crippen molar-refractivity contribution in [1.82, 2.24) is 0 Å². The van der Waals surface area contributed by atoms with Crippen LogP contribution in [-0.2, 0) is 9.22 Å². The topological polar surface area (TPSA) is 18.5 Å². The zero-order chi connectivity index (χ0) is 9.19. The van der Waals surface area contributed by atoms with Crippen LogP contribution in [0.15, 0.2) is 0 Å². The average Bonchev–Trinajstić information content (AvgIpc) is 2.18. The molecule has 0 N–H and O–H groups in total. The first-order valence-electron chi connectivity index (χ1n) is 5.08. The van der Waals surface area contributed by atoms with E-state index in [0.717, 1.165) is 13.0 Å². The monoisotopic (exact) mass is 222 g/mol. The van der Waals surface area contributed by atoms with Gasteiger partial charge >= 0.3 is 0 Å². The van der Waals surface area contributed by atoms with Gasteiger partial charge in [-0.15, -0.1) is 0 Å². The first-order chi connectivity index (χ1) is 6.50. The Morgan fingerprint density at radius 3 is 2.31 bits per heavy atom. The maximum Gasteiger partial charge on any atom is 0.102 e. The van der Waals surface area contributed by atoms with E-state index in [2.05, 4.69) is 0 Å². The minimum Gasteiger partial charge on any atom is -0.224 e. The molecule has 0 amide bonds. The second kappa shape index (κ2) is 9.19. The third-order valence-corrected chi connectivity index (χ3v) is 3.74. The molecule has 1 rings (SSSR count). The van der Waals surface area contributed by atoms with Gasteiger partial charge in [0.1, 0.15) is 11.1 Å². The quantitative estimate of drug-likeness (QED) is 0.350. The summed E-state index contributed by atoms with van der Waals surface area (Å²) in [7, 11) is 1.74. The van der Waals surface area contributed by atoms with E-state index in [1.165, 1.54) is 55.4 Å². The Morgan fingerprint density at radius 2 is 1.46 bits per heavy atom. The maximum absolute atomic E-state index is 4.99. The molecule has 0 bridgehead atoms. The number of rotatable bonds is 0. The highest BCUT2D eigenvalue weighted by Gasteiger charge is 1.97. The highest BCUT2D eigenvalue weighted by Crippen LogP contribution is 2.24. The molecule has 0 aromatic carbocycles.